The number of carbonyl (C=O) groups excluding carboxylic acids is 1. The van der Waals surface area contributed by atoms with Crippen LogP contribution in [0.3, 0.4) is 0 Å². The molecule has 0 aliphatic heterocycles. The Kier molecular flexibility index (Phi) is 5.54. The summed E-state index contributed by atoms with van der Waals surface area (Å²) in [6.45, 7) is 1.31. The van der Waals surface area contributed by atoms with E-state index in [0.717, 1.165) is 31.6 Å². The van der Waals surface area contributed by atoms with Crippen LogP contribution in [0.2, 0.25) is 0 Å². The van der Waals surface area contributed by atoms with Gasteiger partial charge in [-0.1, -0.05) is 54.6 Å². The van der Waals surface area contributed by atoms with Crippen LogP contribution in [-0.4, -0.2) is 41.9 Å². The minimum absolute atomic E-state index is 0.153. The minimum Gasteiger partial charge on any atom is -0.467 e. The van der Waals surface area contributed by atoms with Crippen molar-refractivity contribution in [3.63, 3.8) is 0 Å². The van der Waals surface area contributed by atoms with Gasteiger partial charge in [0.15, 0.2) is 0 Å². The van der Waals surface area contributed by atoms with Gasteiger partial charge in [-0.15, -0.1) is 0 Å². The van der Waals surface area contributed by atoms with E-state index in [9.17, 15) is 4.79 Å². The molecule has 4 nitrogen and oxygen atoms in total. The summed E-state index contributed by atoms with van der Waals surface area (Å²) in [5.41, 5.74) is 3.29. The van der Waals surface area contributed by atoms with Crippen molar-refractivity contribution >= 4 is 5.91 Å². The number of fused-ring (bicyclic) bond motifs is 1. The Morgan fingerprint density at radius 1 is 0.931 bits per heavy atom. The maximum Gasteiger partial charge on any atom is 0.243 e. The van der Waals surface area contributed by atoms with Gasteiger partial charge in [0.2, 0.25) is 5.91 Å². The number of rotatable bonds is 7. The Labute approximate surface area is 172 Å². The molecule has 150 valence electrons. The summed E-state index contributed by atoms with van der Waals surface area (Å²) < 4.78 is 5.47. The van der Waals surface area contributed by atoms with E-state index in [1.165, 1.54) is 16.7 Å². The maximum absolute atomic E-state index is 13.8. The lowest BCUT2D eigenvalue weighted by molar-refractivity contribution is -0.143. The highest BCUT2D eigenvalue weighted by molar-refractivity contribution is 5.88. The van der Waals surface area contributed by atoms with Gasteiger partial charge in [0.1, 0.15) is 11.3 Å². The van der Waals surface area contributed by atoms with Crippen LogP contribution in [0.1, 0.15) is 22.5 Å². The van der Waals surface area contributed by atoms with E-state index in [4.69, 9.17) is 4.42 Å². The zero-order valence-electron chi connectivity index (χ0n) is 17.2. The van der Waals surface area contributed by atoms with Crippen LogP contribution in [-0.2, 0) is 30.6 Å². The number of benzene rings is 2. The molecule has 0 radical (unpaired) electrons. The van der Waals surface area contributed by atoms with Crippen molar-refractivity contribution in [1.82, 2.24) is 9.80 Å². The average molecular weight is 389 g/mol. The van der Waals surface area contributed by atoms with Crippen LogP contribution in [0.25, 0.3) is 0 Å². The summed E-state index contributed by atoms with van der Waals surface area (Å²) in [4.78, 5) is 17.8. The van der Waals surface area contributed by atoms with Gasteiger partial charge in [0.25, 0.3) is 0 Å². The molecule has 1 aromatic heterocycles. The molecule has 1 heterocycles. The topological polar surface area (TPSA) is 36.7 Å². The second kappa shape index (κ2) is 8.26. The van der Waals surface area contributed by atoms with Crippen molar-refractivity contribution in [3.05, 3.63) is 95.4 Å². The lowest BCUT2D eigenvalue weighted by Crippen LogP contribution is -2.59. The first-order chi connectivity index (χ1) is 14.1. The molecule has 0 atom stereocenters. The number of likely N-dealkylation sites (N-methyl/N-ethyl adjacent to an activating group) is 2. The molecule has 2 aromatic carbocycles. The van der Waals surface area contributed by atoms with Gasteiger partial charge in [-0.25, -0.2) is 0 Å². The third-order valence-corrected chi connectivity index (χ3v) is 6.11. The molecule has 0 bridgehead atoms. The van der Waals surface area contributed by atoms with Gasteiger partial charge < -0.3 is 9.32 Å². The first kappa shape index (κ1) is 19.5. The lowest BCUT2D eigenvalue weighted by Gasteiger charge is -2.40. The molecular weight excluding hydrogens is 360 g/mol. The number of amides is 1. The van der Waals surface area contributed by atoms with Crippen molar-refractivity contribution in [3.8, 4) is 0 Å². The normalized spacial score (nSPS) is 14.7. The standard InChI is InChI=1S/C25H28N2O2/c1-26(19-23-13-8-16-29-23)24(28)25(17-21-11-6-7-12-22(21)18-25)27(2)15-14-20-9-4-3-5-10-20/h3-13,16H,14-15,17-19H2,1-2H3. The van der Waals surface area contributed by atoms with E-state index < -0.39 is 5.54 Å². The summed E-state index contributed by atoms with van der Waals surface area (Å²) in [7, 11) is 3.97. The Hall–Kier alpha value is -2.85. The number of furan rings is 1. The Bertz CT molecular complexity index is 925. The van der Waals surface area contributed by atoms with E-state index >= 15 is 0 Å². The average Bonchev–Trinajstić information content (AvgIpc) is 3.40. The quantitative estimate of drug-likeness (QED) is 0.615. The van der Waals surface area contributed by atoms with Crippen molar-refractivity contribution in [2.75, 3.05) is 20.6 Å². The Balaban J connectivity index is 1.57. The molecule has 4 heteroatoms. The number of hydrogen-bond donors (Lipinski definition) is 0. The number of nitrogens with zero attached hydrogens (tertiary/aromatic N) is 2. The lowest BCUT2D eigenvalue weighted by atomic mass is 9.91. The molecule has 0 saturated carbocycles. The third-order valence-electron chi connectivity index (χ3n) is 6.11. The molecule has 0 saturated heterocycles. The van der Waals surface area contributed by atoms with Crippen molar-refractivity contribution in [2.24, 2.45) is 0 Å². The van der Waals surface area contributed by atoms with Gasteiger partial charge in [0, 0.05) is 26.4 Å². The Morgan fingerprint density at radius 2 is 1.59 bits per heavy atom. The number of hydrogen-bond acceptors (Lipinski definition) is 3. The first-order valence-corrected chi connectivity index (χ1v) is 10.2. The Morgan fingerprint density at radius 3 is 2.21 bits per heavy atom. The zero-order chi connectivity index (χ0) is 20.3. The van der Waals surface area contributed by atoms with E-state index in [2.05, 4.69) is 60.5 Å². The van der Waals surface area contributed by atoms with Crippen LogP contribution in [0.4, 0.5) is 0 Å². The second-order valence-corrected chi connectivity index (χ2v) is 8.05. The van der Waals surface area contributed by atoms with Crippen LogP contribution in [0.5, 0.6) is 0 Å². The number of carbonyl (C=O) groups is 1. The van der Waals surface area contributed by atoms with Crippen molar-refractivity contribution < 1.29 is 9.21 Å². The van der Waals surface area contributed by atoms with Gasteiger partial charge >= 0.3 is 0 Å². The van der Waals surface area contributed by atoms with E-state index in [1.807, 2.05) is 30.1 Å². The van der Waals surface area contributed by atoms with Gasteiger partial charge in [0.05, 0.1) is 12.8 Å². The molecule has 0 unspecified atom stereocenters. The molecule has 1 amide bonds. The predicted octanol–water partition coefficient (Wildman–Crippen LogP) is 3.95. The molecule has 4 rings (SSSR count). The fourth-order valence-corrected chi connectivity index (χ4v) is 4.40. The monoisotopic (exact) mass is 388 g/mol. The van der Waals surface area contributed by atoms with Gasteiger partial charge in [-0.3, -0.25) is 9.69 Å². The molecule has 3 aromatic rings. The van der Waals surface area contributed by atoms with Gasteiger partial charge in [-0.05, 0) is 42.3 Å². The molecule has 0 spiro atoms. The van der Waals surface area contributed by atoms with Crippen LogP contribution < -0.4 is 0 Å². The fraction of sp³-hybridized carbons (Fsp3) is 0.320. The smallest absolute Gasteiger partial charge is 0.243 e. The predicted molar refractivity (Wildman–Crippen MR) is 115 cm³/mol. The van der Waals surface area contributed by atoms with Crippen molar-refractivity contribution in [2.45, 2.75) is 31.3 Å². The highest BCUT2D eigenvalue weighted by Crippen LogP contribution is 2.36. The first-order valence-electron chi connectivity index (χ1n) is 10.2. The maximum atomic E-state index is 13.8. The van der Waals surface area contributed by atoms with Crippen LogP contribution in [0, 0.1) is 0 Å². The largest absolute Gasteiger partial charge is 0.467 e. The highest BCUT2D eigenvalue weighted by Gasteiger charge is 2.48. The molecule has 0 fully saturated rings. The summed E-state index contributed by atoms with van der Waals surface area (Å²) in [5, 5.41) is 0. The minimum atomic E-state index is -0.556. The summed E-state index contributed by atoms with van der Waals surface area (Å²) in [6, 6.07) is 22.7. The van der Waals surface area contributed by atoms with Crippen LogP contribution in [0.15, 0.2) is 77.4 Å². The molecule has 1 aliphatic carbocycles. The summed E-state index contributed by atoms with van der Waals surface area (Å²) >= 11 is 0. The molecular formula is C25H28N2O2. The van der Waals surface area contributed by atoms with Gasteiger partial charge in [-0.2, -0.15) is 0 Å². The van der Waals surface area contributed by atoms with Crippen LogP contribution >= 0.6 is 0 Å². The zero-order valence-corrected chi connectivity index (χ0v) is 17.2. The highest BCUT2D eigenvalue weighted by atomic mass is 16.3. The molecule has 1 aliphatic rings. The fourth-order valence-electron chi connectivity index (χ4n) is 4.40. The second-order valence-electron chi connectivity index (χ2n) is 8.05. The SMILES string of the molecule is CN(Cc1ccco1)C(=O)C1(N(C)CCc2ccccc2)Cc2ccccc2C1. The molecule has 0 N–H and O–H groups in total. The third kappa shape index (κ3) is 3.99. The van der Waals surface area contributed by atoms with E-state index in [1.54, 1.807) is 6.26 Å². The van der Waals surface area contributed by atoms with E-state index in [0.29, 0.717) is 6.54 Å². The summed E-state index contributed by atoms with van der Waals surface area (Å²) in [6.07, 6.45) is 4.07. The molecule has 29 heavy (non-hydrogen) atoms. The van der Waals surface area contributed by atoms with E-state index in [-0.39, 0.29) is 5.91 Å². The summed E-state index contributed by atoms with van der Waals surface area (Å²) in [5.74, 6) is 0.958. The van der Waals surface area contributed by atoms with Crippen molar-refractivity contribution in [1.29, 1.82) is 0 Å².